The Labute approximate surface area is 151 Å². The Morgan fingerprint density at radius 3 is 2.48 bits per heavy atom. The van der Waals surface area contributed by atoms with Gasteiger partial charge in [-0.05, 0) is 30.0 Å². The van der Waals surface area contributed by atoms with Crippen LogP contribution in [0.25, 0.3) is 0 Å². The predicted molar refractivity (Wildman–Crippen MR) is 89.8 cm³/mol. The average molecular weight is 383 g/mol. The van der Waals surface area contributed by atoms with Crippen LogP contribution in [0.4, 0.5) is 17.6 Å². The molecule has 3 nitrogen and oxygen atoms in total. The van der Waals surface area contributed by atoms with Crippen LogP contribution in [0, 0.1) is 5.92 Å². The quantitative estimate of drug-likeness (QED) is 0.719. The molecule has 1 heterocycles. The Morgan fingerprint density at radius 2 is 1.88 bits per heavy atom. The van der Waals surface area contributed by atoms with Gasteiger partial charge in [0.25, 0.3) is 0 Å². The zero-order chi connectivity index (χ0) is 17.2. The largest absolute Gasteiger partial charge is 0.461 e. The molecule has 1 aromatic carbocycles. The molecule has 1 atom stereocenters. The van der Waals surface area contributed by atoms with Gasteiger partial charge in [-0.15, -0.1) is 12.4 Å². The summed E-state index contributed by atoms with van der Waals surface area (Å²) in [4.78, 5) is 2.33. The van der Waals surface area contributed by atoms with Gasteiger partial charge in [-0.2, -0.15) is 17.6 Å². The van der Waals surface area contributed by atoms with Crippen LogP contribution in [0.15, 0.2) is 24.3 Å². The van der Waals surface area contributed by atoms with Crippen LogP contribution in [0.5, 0.6) is 5.75 Å². The molecule has 1 aliphatic heterocycles. The number of halogens is 5. The highest BCUT2D eigenvalue weighted by Gasteiger charge is 2.44. The molecule has 2 fully saturated rings. The molecule has 1 N–H and O–H groups in total. The molecule has 142 valence electrons. The first-order valence-corrected chi connectivity index (χ1v) is 8.35. The van der Waals surface area contributed by atoms with Gasteiger partial charge in [0.15, 0.2) is 0 Å². The van der Waals surface area contributed by atoms with Crippen LogP contribution >= 0.6 is 12.4 Å². The maximum absolute atomic E-state index is 13.1. The molecule has 0 radical (unpaired) electrons. The number of hydrogen-bond donors (Lipinski definition) is 1. The number of rotatable bonds is 7. The molecular weight excluding hydrogens is 360 g/mol. The van der Waals surface area contributed by atoms with Crippen LogP contribution in [0.3, 0.4) is 0 Å². The minimum Gasteiger partial charge on any atom is -0.428 e. The summed E-state index contributed by atoms with van der Waals surface area (Å²) in [5.74, 6) is 0.450. The molecule has 1 saturated heterocycles. The predicted octanol–water partition coefficient (Wildman–Crippen LogP) is 4.09. The van der Waals surface area contributed by atoms with Gasteiger partial charge in [0.05, 0.1) is 0 Å². The summed E-state index contributed by atoms with van der Waals surface area (Å²) in [6, 6.07) is 6.34. The molecular formula is C17H23ClF4N2O. The number of piperazine rings is 1. The van der Waals surface area contributed by atoms with Crippen LogP contribution in [0.2, 0.25) is 0 Å². The van der Waals surface area contributed by atoms with Crippen molar-refractivity contribution in [2.75, 3.05) is 26.2 Å². The molecule has 0 bridgehead atoms. The second-order valence-corrected chi connectivity index (χ2v) is 6.52. The summed E-state index contributed by atoms with van der Waals surface area (Å²) in [7, 11) is 0. The first kappa shape index (κ1) is 20.3. The zero-order valence-electron chi connectivity index (χ0n) is 13.8. The Bertz CT molecular complexity index is 551. The highest BCUT2D eigenvalue weighted by molar-refractivity contribution is 5.85. The lowest BCUT2D eigenvalue weighted by molar-refractivity contribution is -0.253. The van der Waals surface area contributed by atoms with E-state index in [2.05, 4.69) is 15.0 Å². The summed E-state index contributed by atoms with van der Waals surface area (Å²) in [5.41, 5.74) is 0.853. The number of benzene rings is 1. The molecule has 3 rings (SSSR count). The molecule has 0 spiro atoms. The van der Waals surface area contributed by atoms with E-state index in [1.54, 1.807) is 6.07 Å². The number of nitrogens with zero attached hydrogens (tertiary/aromatic N) is 1. The van der Waals surface area contributed by atoms with Gasteiger partial charge in [-0.25, -0.2) is 0 Å². The van der Waals surface area contributed by atoms with Crippen molar-refractivity contribution >= 4 is 12.4 Å². The summed E-state index contributed by atoms with van der Waals surface area (Å²) in [6.45, 7) is 3.55. The Morgan fingerprint density at radius 1 is 1.20 bits per heavy atom. The SMILES string of the molecule is Cl.FC(F)C(F)(F)Oc1cccc([C@H](CC2CC2)N2CCNCC2)c1. The maximum atomic E-state index is 13.1. The molecule has 1 aromatic rings. The normalized spacial score (nSPS) is 20.2. The van der Waals surface area contributed by atoms with Crippen molar-refractivity contribution in [2.24, 2.45) is 5.92 Å². The fourth-order valence-electron chi connectivity index (χ4n) is 3.15. The molecule has 1 aliphatic carbocycles. The molecule has 1 saturated carbocycles. The van der Waals surface area contributed by atoms with Gasteiger partial charge < -0.3 is 10.1 Å². The first-order chi connectivity index (χ1) is 11.5. The van der Waals surface area contributed by atoms with Gasteiger partial charge in [-0.1, -0.05) is 25.0 Å². The average Bonchev–Trinajstić information content (AvgIpc) is 3.37. The van der Waals surface area contributed by atoms with E-state index >= 15 is 0 Å². The number of nitrogens with one attached hydrogen (secondary N) is 1. The van der Waals surface area contributed by atoms with Crippen molar-refractivity contribution in [1.82, 2.24) is 10.2 Å². The van der Waals surface area contributed by atoms with E-state index < -0.39 is 12.5 Å². The van der Waals surface area contributed by atoms with Gasteiger partial charge in [0.2, 0.25) is 0 Å². The van der Waals surface area contributed by atoms with Crippen molar-refractivity contribution in [2.45, 2.75) is 37.8 Å². The standard InChI is InChI=1S/C17H22F4N2O.ClH/c18-16(19)17(20,21)24-14-3-1-2-13(11-14)15(10-12-4-5-12)23-8-6-22-7-9-23;/h1-3,11-12,15-16,22H,4-10H2;1H/t15-;/m0./s1. The van der Waals surface area contributed by atoms with Crippen molar-refractivity contribution in [1.29, 1.82) is 0 Å². The van der Waals surface area contributed by atoms with E-state index in [9.17, 15) is 17.6 Å². The third-order valence-electron chi connectivity index (χ3n) is 4.60. The summed E-state index contributed by atoms with van der Waals surface area (Å²) in [5, 5.41) is 3.30. The van der Waals surface area contributed by atoms with Crippen molar-refractivity contribution in [3.05, 3.63) is 29.8 Å². The second-order valence-electron chi connectivity index (χ2n) is 6.52. The molecule has 0 aromatic heterocycles. The van der Waals surface area contributed by atoms with Gasteiger partial charge in [0.1, 0.15) is 5.75 Å². The number of alkyl halides is 4. The topological polar surface area (TPSA) is 24.5 Å². The fraction of sp³-hybridized carbons (Fsp3) is 0.647. The minimum atomic E-state index is -4.47. The Kier molecular flexibility index (Phi) is 6.93. The summed E-state index contributed by atoms with van der Waals surface area (Å²) < 4.78 is 55.2. The van der Waals surface area contributed by atoms with Crippen molar-refractivity contribution in [3.8, 4) is 5.75 Å². The third kappa shape index (κ3) is 5.46. The molecule has 25 heavy (non-hydrogen) atoms. The van der Waals surface area contributed by atoms with E-state index in [4.69, 9.17) is 0 Å². The van der Waals surface area contributed by atoms with Gasteiger partial charge in [0, 0.05) is 32.2 Å². The second kappa shape index (κ2) is 8.56. The van der Waals surface area contributed by atoms with Gasteiger partial charge >= 0.3 is 12.5 Å². The lowest BCUT2D eigenvalue weighted by atomic mass is 9.98. The Hall–Kier alpha value is -1.05. The van der Waals surface area contributed by atoms with Crippen molar-refractivity contribution < 1.29 is 22.3 Å². The first-order valence-electron chi connectivity index (χ1n) is 8.35. The monoisotopic (exact) mass is 382 g/mol. The van der Waals surface area contributed by atoms with Crippen molar-refractivity contribution in [3.63, 3.8) is 0 Å². The maximum Gasteiger partial charge on any atom is 0.461 e. The number of ether oxygens (including phenoxy) is 1. The zero-order valence-corrected chi connectivity index (χ0v) is 14.6. The highest BCUT2D eigenvalue weighted by Crippen LogP contribution is 2.41. The molecule has 2 aliphatic rings. The van der Waals surface area contributed by atoms with Gasteiger partial charge in [-0.3, -0.25) is 4.90 Å². The van der Waals surface area contributed by atoms with E-state index in [-0.39, 0.29) is 24.2 Å². The van der Waals surface area contributed by atoms with E-state index in [1.165, 1.54) is 25.0 Å². The smallest absolute Gasteiger partial charge is 0.428 e. The van der Waals surface area contributed by atoms with E-state index in [0.29, 0.717) is 5.92 Å². The summed E-state index contributed by atoms with van der Waals surface area (Å²) >= 11 is 0. The highest BCUT2D eigenvalue weighted by atomic mass is 35.5. The molecule has 0 unspecified atom stereocenters. The van der Waals surface area contributed by atoms with Crippen LogP contribution in [-0.4, -0.2) is 43.6 Å². The van der Waals surface area contributed by atoms with E-state index in [0.717, 1.165) is 38.2 Å². The lowest BCUT2D eigenvalue weighted by Gasteiger charge is -2.35. The Balaban J connectivity index is 0.00000225. The van der Waals surface area contributed by atoms with Crippen LogP contribution < -0.4 is 10.1 Å². The van der Waals surface area contributed by atoms with Crippen LogP contribution in [0.1, 0.15) is 30.9 Å². The summed E-state index contributed by atoms with van der Waals surface area (Å²) in [6.07, 6.45) is -4.96. The van der Waals surface area contributed by atoms with Crippen LogP contribution in [-0.2, 0) is 0 Å². The third-order valence-corrected chi connectivity index (χ3v) is 4.60. The lowest BCUT2D eigenvalue weighted by Crippen LogP contribution is -2.45. The molecule has 0 amide bonds. The minimum absolute atomic E-state index is 0. The molecule has 8 heteroatoms. The number of hydrogen-bond acceptors (Lipinski definition) is 3. The van der Waals surface area contributed by atoms with E-state index in [1.807, 2.05) is 6.07 Å². The fourth-order valence-corrected chi connectivity index (χ4v) is 3.15.